The van der Waals surface area contributed by atoms with Crippen LogP contribution in [0.15, 0.2) is 11.1 Å². The van der Waals surface area contributed by atoms with Gasteiger partial charge in [-0.3, -0.25) is 0 Å². The largest absolute Gasteiger partial charge is 0.0668 e. The summed E-state index contributed by atoms with van der Waals surface area (Å²) >= 11 is 0. The average Bonchev–Trinajstić information content (AvgIpc) is 2.83. The van der Waals surface area contributed by atoms with Crippen LogP contribution in [0.4, 0.5) is 0 Å². The summed E-state index contributed by atoms with van der Waals surface area (Å²) < 4.78 is 0. The fraction of sp³-hybridized carbons (Fsp3) is 0.905. The molecule has 0 N–H and O–H groups in total. The Kier molecular flexibility index (Phi) is 3.32. The Morgan fingerprint density at radius 3 is 2.62 bits per heavy atom. The highest BCUT2D eigenvalue weighted by Crippen LogP contribution is 2.65. The minimum absolute atomic E-state index is 0.609. The molecular formula is C21H34. The Labute approximate surface area is 131 Å². The topological polar surface area (TPSA) is 0 Å². The molecule has 0 aromatic carbocycles. The number of hydrogen-bond donors (Lipinski definition) is 0. The van der Waals surface area contributed by atoms with Gasteiger partial charge < -0.3 is 0 Å². The van der Waals surface area contributed by atoms with Gasteiger partial charge in [0.2, 0.25) is 0 Å². The van der Waals surface area contributed by atoms with Crippen molar-refractivity contribution >= 4 is 0 Å². The van der Waals surface area contributed by atoms with Crippen molar-refractivity contribution in [2.24, 2.45) is 28.6 Å². The summed E-state index contributed by atoms with van der Waals surface area (Å²) in [5, 5.41) is 0. The Bertz CT molecular complexity index is 459. The molecule has 0 aromatic heterocycles. The van der Waals surface area contributed by atoms with E-state index in [-0.39, 0.29) is 0 Å². The summed E-state index contributed by atoms with van der Waals surface area (Å²) in [7, 11) is 0. The minimum atomic E-state index is 0.609. The van der Waals surface area contributed by atoms with Crippen LogP contribution in [0, 0.1) is 28.6 Å². The smallest absolute Gasteiger partial charge is 0.00852 e. The molecule has 0 heterocycles. The van der Waals surface area contributed by atoms with E-state index in [0.717, 1.165) is 17.8 Å². The SMILES string of the molecule is CC[C@H]1CC[C@@H]2C3=C(CC[C@]12C)[C@@]1(C)CCCCC1CC3. The fourth-order valence-corrected chi connectivity index (χ4v) is 7.27. The van der Waals surface area contributed by atoms with E-state index in [1.165, 1.54) is 70.6 Å². The van der Waals surface area contributed by atoms with Crippen LogP contribution < -0.4 is 0 Å². The Morgan fingerprint density at radius 1 is 0.952 bits per heavy atom. The average molecular weight is 287 g/mol. The lowest BCUT2D eigenvalue weighted by Gasteiger charge is -2.54. The van der Waals surface area contributed by atoms with Gasteiger partial charge in [0, 0.05) is 0 Å². The first-order chi connectivity index (χ1) is 10.1. The summed E-state index contributed by atoms with van der Waals surface area (Å²) in [5.41, 5.74) is 5.24. The van der Waals surface area contributed by atoms with Crippen LogP contribution >= 0.6 is 0 Å². The molecule has 21 heavy (non-hydrogen) atoms. The van der Waals surface area contributed by atoms with Crippen molar-refractivity contribution in [2.45, 2.75) is 91.4 Å². The van der Waals surface area contributed by atoms with E-state index < -0.39 is 0 Å². The highest BCUT2D eigenvalue weighted by molar-refractivity contribution is 5.34. The van der Waals surface area contributed by atoms with Gasteiger partial charge in [-0.1, -0.05) is 51.2 Å². The zero-order valence-corrected chi connectivity index (χ0v) is 14.5. The predicted octanol–water partition coefficient (Wildman–Crippen LogP) is 6.51. The molecule has 0 bridgehead atoms. The molecule has 118 valence electrons. The van der Waals surface area contributed by atoms with E-state index in [4.69, 9.17) is 0 Å². The molecule has 0 heteroatoms. The zero-order chi connectivity index (χ0) is 14.7. The van der Waals surface area contributed by atoms with Crippen molar-refractivity contribution in [1.82, 2.24) is 0 Å². The van der Waals surface area contributed by atoms with E-state index in [1.54, 1.807) is 0 Å². The van der Waals surface area contributed by atoms with E-state index >= 15 is 0 Å². The molecule has 0 spiro atoms. The number of allylic oxidation sites excluding steroid dienone is 2. The molecule has 1 unspecified atom stereocenters. The van der Waals surface area contributed by atoms with Crippen LogP contribution in [0.1, 0.15) is 91.4 Å². The Balaban J connectivity index is 1.73. The molecule has 4 aliphatic rings. The van der Waals surface area contributed by atoms with Crippen molar-refractivity contribution < 1.29 is 0 Å². The predicted molar refractivity (Wildman–Crippen MR) is 90.2 cm³/mol. The highest BCUT2D eigenvalue weighted by Gasteiger charge is 2.53. The first-order valence-electron chi connectivity index (χ1n) is 9.82. The van der Waals surface area contributed by atoms with Crippen LogP contribution in [0.2, 0.25) is 0 Å². The van der Waals surface area contributed by atoms with E-state index in [1.807, 2.05) is 11.1 Å². The molecule has 2 saturated carbocycles. The Hall–Kier alpha value is -0.260. The summed E-state index contributed by atoms with van der Waals surface area (Å²) in [4.78, 5) is 0. The summed E-state index contributed by atoms with van der Waals surface area (Å²) in [5.74, 6) is 3.00. The lowest BCUT2D eigenvalue weighted by atomic mass is 9.51. The maximum absolute atomic E-state index is 2.65. The van der Waals surface area contributed by atoms with Gasteiger partial charge >= 0.3 is 0 Å². The van der Waals surface area contributed by atoms with Gasteiger partial charge in [-0.15, -0.1) is 0 Å². The lowest BCUT2D eigenvalue weighted by molar-refractivity contribution is 0.0826. The third-order valence-electron chi connectivity index (χ3n) is 8.60. The molecule has 0 saturated heterocycles. The quantitative estimate of drug-likeness (QED) is 0.482. The van der Waals surface area contributed by atoms with Crippen LogP contribution in [0.3, 0.4) is 0 Å². The van der Waals surface area contributed by atoms with Gasteiger partial charge in [-0.25, -0.2) is 0 Å². The number of hydrogen-bond acceptors (Lipinski definition) is 0. The molecule has 0 aromatic rings. The maximum atomic E-state index is 2.65. The standard InChI is InChI=1S/C21H34/c1-4-15-9-11-18-17-10-8-16-7-5-6-13-20(16,2)19(17)12-14-21(15,18)3/h15-16,18H,4-14H2,1-3H3/t15-,16?,18+,20-,21+/m0/s1. The first-order valence-corrected chi connectivity index (χ1v) is 9.82. The molecule has 0 nitrogen and oxygen atoms in total. The second-order valence-electron chi connectivity index (χ2n) is 9.14. The van der Waals surface area contributed by atoms with E-state index in [2.05, 4.69) is 20.8 Å². The molecule has 0 aliphatic heterocycles. The monoisotopic (exact) mass is 286 g/mol. The minimum Gasteiger partial charge on any atom is -0.0668 e. The second kappa shape index (κ2) is 4.87. The third-order valence-corrected chi connectivity index (χ3v) is 8.60. The summed E-state index contributed by atoms with van der Waals surface area (Å²) in [6.45, 7) is 7.74. The normalized spacial score (nSPS) is 49.6. The molecule has 0 amide bonds. The van der Waals surface area contributed by atoms with Crippen molar-refractivity contribution in [1.29, 1.82) is 0 Å². The van der Waals surface area contributed by atoms with Crippen LogP contribution in [0.5, 0.6) is 0 Å². The molecule has 5 atom stereocenters. The van der Waals surface area contributed by atoms with Gasteiger partial charge in [0.25, 0.3) is 0 Å². The van der Waals surface area contributed by atoms with Crippen molar-refractivity contribution in [3.05, 3.63) is 11.1 Å². The molecule has 4 rings (SSSR count). The van der Waals surface area contributed by atoms with Gasteiger partial charge in [0.05, 0.1) is 0 Å². The molecular weight excluding hydrogens is 252 g/mol. The maximum Gasteiger partial charge on any atom is -0.00852 e. The first kappa shape index (κ1) is 14.3. The fourth-order valence-electron chi connectivity index (χ4n) is 7.27. The second-order valence-corrected chi connectivity index (χ2v) is 9.14. The molecule has 0 radical (unpaired) electrons. The highest BCUT2D eigenvalue weighted by atomic mass is 14.6. The summed E-state index contributed by atoms with van der Waals surface area (Å²) in [6.07, 6.45) is 16.4. The van der Waals surface area contributed by atoms with Gasteiger partial charge in [-0.05, 0) is 80.0 Å². The number of fused-ring (bicyclic) bond motifs is 4. The zero-order valence-electron chi connectivity index (χ0n) is 14.5. The van der Waals surface area contributed by atoms with Gasteiger partial charge in [0.15, 0.2) is 0 Å². The van der Waals surface area contributed by atoms with Crippen molar-refractivity contribution in [3.63, 3.8) is 0 Å². The third kappa shape index (κ3) is 1.86. The van der Waals surface area contributed by atoms with Gasteiger partial charge in [-0.2, -0.15) is 0 Å². The van der Waals surface area contributed by atoms with Crippen molar-refractivity contribution in [2.75, 3.05) is 0 Å². The molecule has 4 aliphatic carbocycles. The van der Waals surface area contributed by atoms with Crippen LogP contribution in [-0.4, -0.2) is 0 Å². The lowest BCUT2D eigenvalue weighted by Crippen LogP contribution is -2.43. The number of rotatable bonds is 1. The van der Waals surface area contributed by atoms with Crippen LogP contribution in [-0.2, 0) is 0 Å². The van der Waals surface area contributed by atoms with Crippen molar-refractivity contribution in [3.8, 4) is 0 Å². The van der Waals surface area contributed by atoms with Gasteiger partial charge in [0.1, 0.15) is 0 Å². The van der Waals surface area contributed by atoms with E-state index in [9.17, 15) is 0 Å². The summed E-state index contributed by atoms with van der Waals surface area (Å²) in [6, 6.07) is 0. The van der Waals surface area contributed by atoms with E-state index in [0.29, 0.717) is 10.8 Å². The van der Waals surface area contributed by atoms with Crippen LogP contribution in [0.25, 0.3) is 0 Å². The Morgan fingerprint density at radius 2 is 1.81 bits per heavy atom. The molecule has 2 fully saturated rings.